The van der Waals surface area contributed by atoms with E-state index in [4.69, 9.17) is 0 Å². The van der Waals surface area contributed by atoms with E-state index >= 15 is 0 Å². The van der Waals surface area contributed by atoms with Gasteiger partial charge in [0.05, 0.1) is 15.0 Å². The van der Waals surface area contributed by atoms with E-state index in [1.165, 1.54) is 18.2 Å². The quantitative estimate of drug-likeness (QED) is 0.438. The Morgan fingerprint density at radius 2 is 2.00 bits per heavy atom. The van der Waals surface area contributed by atoms with Crippen molar-refractivity contribution in [2.24, 2.45) is 0 Å². The highest BCUT2D eigenvalue weighted by Crippen LogP contribution is 2.36. The van der Waals surface area contributed by atoms with Crippen molar-refractivity contribution in [1.82, 2.24) is 4.90 Å². The molecule has 2 amide bonds. The van der Waals surface area contributed by atoms with Gasteiger partial charge in [0, 0.05) is 15.6 Å². The predicted molar refractivity (Wildman–Crippen MR) is 106 cm³/mol. The molecule has 0 spiro atoms. The number of carbonyl (C=O) groups excluding carboxylic acids is 2. The number of thioether (sulfide) groups is 1. The number of imide groups is 1. The van der Waals surface area contributed by atoms with Crippen LogP contribution in [0.3, 0.4) is 0 Å². The summed E-state index contributed by atoms with van der Waals surface area (Å²) < 4.78 is 15.1. The van der Waals surface area contributed by atoms with Crippen LogP contribution in [-0.4, -0.2) is 21.2 Å². The lowest BCUT2D eigenvalue weighted by molar-refractivity contribution is -0.123. The Hall–Kier alpha value is -1.39. The zero-order valence-corrected chi connectivity index (χ0v) is 17.1. The number of carbonyl (C=O) groups is 2. The minimum Gasteiger partial charge on any atom is -0.506 e. The normalized spacial score (nSPS) is 16.1. The summed E-state index contributed by atoms with van der Waals surface area (Å²) in [5.41, 5.74) is 0.695. The first-order valence-electron chi connectivity index (χ1n) is 7.03. The molecule has 25 heavy (non-hydrogen) atoms. The number of phenolic OH excluding ortho intramolecular Hbond substituents is 1. The molecule has 0 saturated carbocycles. The number of hydrogen-bond acceptors (Lipinski definition) is 4. The van der Waals surface area contributed by atoms with E-state index in [-0.39, 0.29) is 22.8 Å². The lowest BCUT2D eigenvalue weighted by Crippen LogP contribution is -2.27. The van der Waals surface area contributed by atoms with Crippen LogP contribution in [0.4, 0.5) is 9.18 Å². The number of aromatic hydroxyl groups is 1. The maximum Gasteiger partial charge on any atom is 0.293 e. The number of benzene rings is 2. The largest absolute Gasteiger partial charge is 0.506 e. The van der Waals surface area contributed by atoms with Gasteiger partial charge in [-0.3, -0.25) is 14.5 Å². The topological polar surface area (TPSA) is 57.6 Å². The summed E-state index contributed by atoms with van der Waals surface area (Å²) in [5, 5.41) is 9.66. The summed E-state index contributed by atoms with van der Waals surface area (Å²) >= 11 is 6.08. The second-order valence-corrected chi connectivity index (χ2v) is 8.26. The highest BCUT2D eigenvalue weighted by atomic mass is 127. The van der Waals surface area contributed by atoms with E-state index in [1.54, 1.807) is 24.3 Å². The lowest BCUT2D eigenvalue weighted by Gasteiger charge is -2.12. The van der Waals surface area contributed by atoms with E-state index in [0.717, 1.165) is 21.1 Å². The molecule has 128 valence electrons. The van der Waals surface area contributed by atoms with Crippen LogP contribution in [0.25, 0.3) is 6.08 Å². The van der Waals surface area contributed by atoms with Crippen molar-refractivity contribution in [1.29, 1.82) is 0 Å². The molecule has 4 nitrogen and oxygen atoms in total. The fraction of sp³-hybridized carbons (Fsp3) is 0.0588. The molecule has 3 rings (SSSR count). The zero-order chi connectivity index (χ0) is 18.1. The SMILES string of the molecule is O=C1S/C(=C\c2cc(Br)cc(I)c2O)C(=O)N1Cc1ccccc1F. The van der Waals surface area contributed by atoms with Crippen molar-refractivity contribution in [2.75, 3.05) is 0 Å². The Morgan fingerprint density at radius 1 is 1.28 bits per heavy atom. The van der Waals surface area contributed by atoms with E-state index in [2.05, 4.69) is 15.9 Å². The first-order valence-corrected chi connectivity index (χ1v) is 9.72. The lowest BCUT2D eigenvalue weighted by atomic mass is 10.1. The fourth-order valence-corrected chi connectivity index (χ4v) is 4.65. The van der Waals surface area contributed by atoms with Gasteiger partial charge in [-0.15, -0.1) is 0 Å². The van der Waals surface area contributed by atoms with Crippen LogP contribution in [-0.2, 0) is 11.3 Å². The van der Waals surface area contributed by atoms with Crippen LogP contribution < -0.4 is 0 Å². The standard InChI is InChI=1S/C17H10BrFINO3S/c18-11-5-10(15(22)13(20)7-11)6-14-16(23)21(17(24)25-14)8-9-3-1-2-4-12(9)19/h1-7,22H,8H2/b14-6-. The van der Waals surface area contributed by atoms with Gasteiger partial charge in [0.1, 0.15) is 11.6 Å². The number of halogens is 3. The minimum atomic E-state index is -0.507. The van der Waals surface area contributed by atoms with Gasteiger partial charge < -0.3 is 5.11 Å². The van der Waals surface area contributed by atoms with Crippen LogP contribution in [0, 0.1) is 9.39 Å². The summed E-state index contributed by atoms with van der Waals surface area (Å²) in [6.07, 6.45) is 1.47. The Bertz CT molecular complexity index is 919. The molecule has 1 aliphatic heterocycles. The number of nitrogens with zero attached hydrogens (tertiary/aromatic N) is 1. The number of rotatable bonds is 3. The molecule has 0 aromatic heterocycles. The summed E-state index contributed by atoms with van der Waals surface area (Å²) in [6.45, 7) is -0.128. The Kier molecular flexibility index (Phi) is 5.49. The Balaban J connectivity index is 1.90. The van der Waals surface area contributed by atoms with Crippen LogP contribution >= 0.6 is 50.3 Å². The van der Waals surface area contributed by atoms with Crippen molar-refractivity contribution in [3.63, 3.8) is 0 Å². The molecule has 0 radical (unpaired) electrons. The average molecular weight is 534 g/mol. The molecule has 2 aromatic carbocycles. The fourth-order valence-electron chi connectivity index (χ4n) is 2.27. The second-order valence-electron chi connectivity index (χ2n) is 5.18. The molecule has 1 heterocycles. The predicted octanol–water partition coefficient (Wildman–Crippen LogP) is 5.13. The van der Waals surface area contributed by atoms with Crippen molar-refractivity contribution >= 4 is 67.5 Å². The molecule has 0 atom stereocenters. The second kappa shape index (κ2) is 7.46. The molecule has 0 unspecified atom stereocenters. The third kappa shape index (κ3) is 3.90. The van der Waals surface area contributed by atoms with Crippen molar-refractivity contribution < 1.29 is 19.1 Å². The third-order valence-electron chi connectivity index (χ3n) is 3.50. The number of amides is 2. The van der Waals surface area contributed by atoms with Crippen LogP contribution in [0.1, 0.15) is 11.1 Å². The zero-order valence-electron chi connectivity index (χ0n) is 12.5. The van der Waals surface area contributed by atoms with Crippen LogP contribution in [0.5, 0.6) is 5.75 Å². The molecule has 2 aromatic rings. The molecular formula is C17H10BrFINO3S. The summed E-state index contributed by atoms with van der Waals surface area (Å²) in [7, 11) is 0. The van der Waals surface area contributed by atoms with Gasteiger partial charge in [0.25, 0.3) is 11.1 Å². The van der Waals surface area contributed by atoms with Gasteiger partial charge in [-0.2, -0.15) is 0 Å². The Labute approximate surface area is 169 Å². The van der Waals surface area contributed by atoms with Crippen molar-refractivity contribution in [3.05, 3.63) is 66.3 Å². The number of phenols is 1. The average Bonchev–Trinajstić information content (AvgIpc) is 2.81. The van der Waals surface area contributed by atoms with Crippen LogP contribution in [0.15, 0.2) is 45.8 Å². The summed E-state index contributed by atoms with van der Waals surface area (Å²) in [6, 6.07) is 9.40. The monoisotopic (exact) mass is 533 g/mol. The molecule has 8 heteroatoms. The van der Waals surface area contributed by atoms with E-state index < -0.39 is 17.0 Å². The first-order chi connectivity index (χ1) is 11.9. The molecule has 1 saturated heterocycles. The maximum atomic E-state index is 13.8. The minimum absolute atomic E-state index is 0.0321. The van der Waals surface area contributed by atoms with Crippen LogP contribution in [0.2, 0.25) is 0 Å². The molecule has 0 bridgehead atoms. The van der Waals surface area contributed by atoms with Gasteiger partial charge >= 0.3 is 0 Å². The van der Waals surface area contributed by atoms with E-state index in [0.29, 0.717) is 9.13 Å². The maximum absolute atomic E-state index is 13.8. The van der Waals surface area contributed by atoms with Crippen molar-refractivity contribution in [3.8, 4) is 5.75 Å². The highest BCUT2D eigenvalue weighted by Gasteiger charge is 2.35. The highest BCUT2D eigenvalue weighted by molar-refractivity contribution is 14.1. The summed E-state index contributed by atoms with van der Waals surface area (Å²) in [4.78, 5) is 25.8. The van der Waals surface area contributed by atoms with E-state index in [9.17, 15) is 19.1 Å². The van der Waals surface area contributed by atoms with Gasteiger partial charge in [-0.1, -0.05) is 34.1 Å². The smallest absolute Gasteiger partial charge is 0.293 e. The van der Waals surface area contributed by atoms with Gasteiger partial charge in [0.2, 0.25) is 0 Å². The molecule has 1 aliphatic rings. The Morgan fingerprint density at radius 3 is 2.72 bits per heavy atom. The van der Waals surface area contributed by atoms with Gasteiger partial charge in [0.15, 0.2) is 0 Å². The van der Waals surface area contributed by atoms with Gasteiger partial charge in [-0.05, 0) is 58.6 Å². The first kappa shape index (κ1) is 18.4. The van der Waals surface area contributed by atoms with Crippen molar-refractivity contribution in [2.45, 2.75) is 6.54 Å². The molecular weight excluding hydrogens is 524 g/mol. The summed E-state index contributed by atoms with van der Waals surface area (Å²) in [5.74, 6) is -0.943. The number of hydrogen-bond donors (Lipinski definition) is 1. The molecule has 1 fully saturated rings. The van der Waals surface area contributed by atoms with Gasteiger partial charge in [-0.25, -0.2) is 4.39 Å². The third-order valence-corrected chi connectivity index (χ3v) is 5.69. The molecule has 1 N–H and O–H groups in total. The van der Waals surface area contributed by atoms with E-state index in [1.807, 2.05) is 22.6 Å². The molecule has 0 aliphatic carbocycles.